The third-order valence-corrected chi connectivity index (χ3v) is 13.0. The Balaban J connectivity index is 0.794. The largest absolute Gasteiger partial charge is 0.508 e. The fourth-order valence-corrected chi connectivity index (χ4v) is 10.5. The van der Waals surface area contributed by atoms with E-state index in [9.17, 15) is 19.1 Å². The lowest BCUT2D eigenvalue weighted by Crippen LogP contribution is -2.45. The van der Waals surface area contributed by atoms with Crippen LogP contribution in [0.4, 0.5) is 15.8 Å². The molecule has 3 aliphatic carbocycles. The summed E-state index contributed by atoms with van der Waals surface area (Å²) in [6.07, 6.45) is 8.39. The van der Waals surface area contributed by atoms with Crippen molar-refractivity contribution in [2.75, 3.05) is 37.0 Å². The number of amides is 1. The number of nitrogens with one attached hydrogen (secondary N) is 2. The van der Waals surface area contributed by atoms with E-state index in [4.69, 9.17) is 9.47 Å². The molecular weight excluding hydrogens is 687 g/mol. The summed E-state index contributed by atoms with van der Waals surface area (Å²) in [4.78, 5) is 34.8. The first-order valence-electron chi connectivity index (χ1n) is 19.1. The molecule has 2 aliphatic heterocycles. The molecular formula is C42H45FN6O5. The normalized spacial score (nSPS) is 27.9. The SMILES string of the molecule is Cn1ncnc1[C@H]1C2=NCC(=O)c3cc(F)cc(c32)N[C@@H]1c1ccc(NC(=O)COCCOC2CC[C@H]3[C@@H]4CCc5cc(O)ccc5[C@H]4CC[C@]23C)cc1. The predicted octanol–water partition coefficient (Wildman–Crippen LogP) is 6.49. The van der Waals surface area contributed by atoms with Crippen LogP contribution in [0.2, 0.25) is 0 Å². The first-order valence-corrected chi connectivity index (χ1v) is 19.1. The zero-order valence-corrected chi connectivity index (χ0v) is 30.6. The second-order valence-electron chi connectivity index (χ2n) is 15.8. The highest BCUT2D eigenvalue weighted by molar-refractivity contribution is 6.21. The van der Waals surface area contributed by atoms with Gasteiger partial charge in [-0.05, 0) is 115 Å². The maximum absolute atomic E-state index is 14.7. The van der Waals surface area contributed by atoms with Gasteiger partial charge in [0.25, 0.3) is 0 Å². The molecule has 3 aromatic carbocycles. The maximum Gasteiger partial charge on any atom is 0.250 e. The Hall–Kier alpha value is -4.94. The topological polar surface area (TPSA) is 140 Å². The number of aryl methyl sites for hydroxylation is 2. The minimum Gasteiger partial charge on any atom is -0.508 e. The number of rotatable bonds is 9. The summed E-state index contributed by atoms with van der Waals surface area (Å²) in [6.45, 7) is 3.05. The van der Waals surface area contributed by atoms with Gasteiger partial charge in [0.15, 0.2) is 5.78 Å². The van der Waals surface area contributed by atoms with Gasteiger partial charge in [0.2, 0.25) is 5.91 Å². The highest BCUT2D eigenvalue weighted by Crippen LogP contribution is 2.61. The van der Waals surface area contributed by atoms with Gasteiger partial charge in [-0.25, -0.2) is 9.37 Å². The van der Waals surface area contributed by atoms with Crippen LogP contribution in [0.5, 0.6) is 5.75 Å². The summed E-state index contributed by atoms with van der Waals surface area (Å²) >= 11 is 0. The number of aromatic nitrogens is 3. The van der Waals surface area contributed by atoms with E-state index in [1.165, 1.54) is 42.4 Å². The van der Waals surface area contributed by atoms with Crippen LogP contribution < -0.4 is 10.6 Å². The van der Waals surface area contributed by atoms with E-state index in [0.717, 1.165) is 31.2 Å². The van der Waals surface area contributed by atoms with Crippen molar-refractivity contribution in [3.05, 3.63) is 100 Å². The van der Waals surface area contributed by atoms with E-state index in [1.807, 2.05) is 43.4 Å². The second kappa shape index (κ2) is 13.7. The number of Topliss-reactive ketones (excluding diaryl/α,β-unsaturated/α-hetero) is 1. The van der Waals surface area contributed by atoms with Gasteiger partial charge in [0.1, 0.15) is 36.9 Å². The molecule has 2 fully saturated rings. The van der Waals surface area contributed by atoms with Crippen LogP contribution in [0.1, 0.15) is 95.3 Å². The van der Waals surface area contributed by atoms with Crippen LogP contribution in [-0.4, -0.2) is 69.7 Å². The van der Waals surface area contributed by atoms with E-state index < -0.39 is 17.8 Å². The van der Waals surface area contributed by atoms with Gasteiger partial charge in [-0.3, -0.25) is 19.3 Å². The lowest BCUT2D eigenvalue weighted by Gasteiger charge is -2.50. The van der Waals surface area contributed by atoms with Gasteiger partial charge in [-0.1, -0.05) is 25.1 Å². The summed E-state index contributed by atoms with van der Waals surface area (Å²) in [5.74, 6) is 1.51. The molecule has 5 aliphatic rings. The molecule has 1 unspecified atom stereocenters. The Morgan fingerprint density at radius 2 is 1.94 bits per heavy atom. The molecule has 3 N–H and O–H groups in total. The molecule has 7 atom stereocenters. The molecule has 0 radical (unpaired) electrons. The van der Waals surface area contributed by atoms with Crippen LogP contribution in [-0.2, 0) is 27.7 Å². The predicted molar refractivity (Wildman–Crippen MR) is 201 cm³/mol. The standard InChI is InChI=1S/C42H45FN6O5/c1-42-14-13-29-28-10-8-27(50)17-24(28)5-9-30(29)32(42)11-12-35(42)54-16-15-53-21-36(52)47-26-6-3-23(4-7-26)39-38(41-45-22-46-49(41)2)40-37-31(34(51)20-44-40)18-25(43)19-33(37)48-39/h3-4,6-8,10,17-19,22,29-30,32,35,38-39,48,50H,5,9,11-16,20-21H2,1-2H3,(H,47,52)/t29-,30-,32+,35?,38-,39-,42+/m1/s1. The molecule has 3 heterocycles. The maximum atomic E-state index is 14.7. The number of fused-ring (bicyclic) bond motifs is 5. The minimum atomic E-state index is -0.494. The molecule has 0 bridgehead atoms. The highest BCUT2D eigenvalue weighted by atomic mass is 19.1. The number of halogens is 1. The average molecular weight is 733 g/mol. The van der Waals surface area contributed by atoms with E-state index in [0.29, 0.717) is 70.8 Å². The molecule has 1 amide bonds. The fraction of sp³-hybridized carbons (Fsp3) is 0.452. The lowest BCUT2D eigenvalue weighted by atomic mass is 9.55. The van der Waals surface area contributed by atoms with Crippen molar-refractivity contribution < 1.29 is 28.6 Å². The Morgan fingerprint density at radius 1 is 1.09 bits per heavy atom. The van der Waals surface area contributed by atoms with Crippen LogP contribution >= 0.6 is 0 Å². The number of aromatic hydroxyl groups is 1. The fourth-order valence-electron chi connectivity index (χ4n) is 10.5. The number of hydrogen-bond acceptors (Lipinski definition) is 9. The van der Waals surface area contributed by atoms with E-state index in [2.05, 4.69) is 38.7 Å². The Morgan fingerprint density at radius 3 is 2.76 bits per heavy atom. The minimum absolute atomic E-state index is 0.0592. The first kappa shape index (κ1) is 34.8. The van der Waals surface area contributed by atoms with E-state index >= 15 is 0 Å². The number of carbonyl (C=O) groups excluding carboxylic acids is 2. The van der Waals surface area contributed by atoms with Crippen molar-refractivity contribution in [2.45, 2.75) is 69.4 Å². The van der Waals surface area contributed by atoms with Gasteiger partial charge in [-0.2, -0.15) is 5.10 Å². The molecule has 280 valence electrons. The van der Waals surface area contributed by atoms with Crippen molar-refractivity contribution in [3.8, 4) is 5.75 Å². The van der Waals surface area contributed by atoms with Crippen molar-refractivity contribution in [1.82, 2.24) is 14.8 Å². The van der Waals surface area contributed by atoms with Crippen LogP contribution in [0.25, 0.3) is 0 Å². The van der Waals surface area contributed by atoms with Gasteiger partial charge < -0.3 is 25.2 Å². The highest BCUT2D eigenvalue weighted by Gasteiger charge is 2.55. The Bertz CT molecular complexity index is 2150. The second-order valence-corrected chi connectivity index (χ2v) is 15.8. The quantitative estimate of drug-likeness (QED) is 0.166. The number of anilines is 2. The molecule has 12 heteroatoms. The number of carbonyl (C=O) groups is 2. The van der Waals surface area contributed by atoms with Gasteiger partial charge >= 0.3 is 0 Å². The van der Waals surface area contributed by atoms with Gasteiger partial charge in [0, 0.05) is 29.5 Å². The van der Waals surface area contributed by atoms with Crippen molar-refractivity contribution in [3.63, 3.8) is 0 Å². The first-order chi connectivity index (χ1) is 26.2. The van der Waals surface area contributed by atoms with Crippen molar-refractivity contribution >= 4 is 28.8 Å². The summed E-state index contributed by atoms with van der Waals surface area (Å²) < 4.78 is 28.6. The van der Waals surface area contributed by atoms with Crippen LogP contribution in [0.3, 0.4) is 0 Å². The molecule has 4 aromatic rings. The number of phenols is 1. The Kier molecular flexibility index (Phi) is 8.85. The van der Waals surface area contributed by atoms with Crippen molar-refractivity contribution in [1.29, 1.82) is 0 Å². The molecule has 54 heavy (non-hydrogen) atoms. The lowest BCUT2D eigenvalue weighted by molar-refractivity contribution is -0.122. The summed E-state index contributed by atoms with van der Waals surface area (Å²) in [5, 5.41) is 20.7. The molecule has 0 spiro atoms. The van der Waals surface area contributed by atoms with Gasteiger partial charge in [0.05, 0.1) is 37.0 Å². The van der Waals surface area contributed by atoms with Gasteiger partial charge in [-0.15, -0.1) is 0 Å². The van der Waals surface area contributed by atoms with Crippen LogP contribution in [0.15, 0.2) is 65.9 Å². The number of ketones is 1. The molecule has 11 nitrogen and oxygen atoms in total. The zero-order chi connectivity index (χ0) is 37.1. The third kappa shape index (κ3) is 5.99. The monoisotopic (exact) mass is 732 g/mol. The molecule has 1 aromatic heterocycles. The van der Waals surface area contributed by atoms with E-state index in [-0.39, 0.29) is 36.4 Å². The molecule has 2 saturated carbocycles. The zero-order valence-electron chi connectivity index (χ0n) is 30.6. The smallest absolute Gasteiger partial charge is 0.250 e. The molecule has 0 saturated heterocycles. The number of phenolic OH excluding ortho intramolecular Hbond substituents is 1. The number of nitrogens with zero attached hydrogens (tertiary/aromatic N) is 4. The van der Waals surface area contributed by atoms with Crippen molar-refractivity contribution in [2.24, 2.45) is 29.3 Å². The summed E-state index contributed by atoms with van der Waals surface area (Å²) in [6, 6.07) is 15.7. The molecule has 9 rings (SSSR count). The van der Waals surface area contributed by atoms with E-state index in [1.54, 1.807) is 4.68 Å². The number of aliphatic imine (C=N–C) groups is 1. The third-order valence-electron chi connectivity index (χ3n) is 13.0. The number of ether oxygens (including phenoxy) is 2. The average Bonchev–Trinajstić information content (AvgIpc) is 3.74. The number of benzene rings is 3. The van der Waals surface area contributed by atoms with Crippen LogP contribution in [0, 0.1) is 23.1 Å². The Labute approximate surface area is 313 Å². The number of hydrogen-bond donors (Lipinski definition) is 3. The summed E-state index contributed by atoms with van der Waals surface area (Å²) in [5.41, 5.74) is 6.49. The summed E-state index contributed by atoms with van der Waals surface area (Å²) in [7, 11) is 1.81.